The summed E-state index contributed by atoms with van der Waals surface area (Å²) in [5.74, 6) is 2.44. The summed E-state index contributed by atoms with van der Waals surface area (Å²) < 4.78 is 0.488. The Morgan fingerprint density at radius 1 is 1.11 bits per heavy atom. The molecule has 2 amide bonds. The smallest absolute Gasteiger partial charge is 0.321 e. The number of carbonyl (C=O) groups excluding carboxylic acids is 1. The number of nitrogens with one attached hydrogen (secondary N) is 1. The molecule has 1 aromatic carbocycles. The second-order valence-electron chi connectivity index (χ2n) is 7.11. The predicted octanol–water partition coefficient (Wildman–Crippen LogP) is 4.30. The summed E-state index contributed by atoms with van der Waals surface area (Å²) in [6.45, 7) is 4.16. The number of urea groups is 1. The Hall–Kier alpha value is -1.70. The highest BCUT2D eigenvalue weighted by Crippen LogP contribution is 2.44. The molecule has 3 heterocycles. The van der Waals surface area contributed by atoms with Crippen LogP contribution in [0.1, 0.15) is 22.1 Å². The molecule has 0 bridgehead atoms. The Balaban J connectivity index is 1.29. The summed E-state index contributed by atoms with van der Waals surface area (Å²) in [4.78, 5) is 21.2. The average molecular weight is 415 g/mol. The van der Waals surface area contributed by atoms with Crippen LogP contribution < -0.4 is 5.32 Å². The van der Waals surface area contributed by atoms with Crippen molar-refractivity contribution in [3.8, 4) is 0 Å². The third-order valence-electron chi connectivity index (χ3n) is 5.03. The van der Waals surface area contributed by atoms with Crippen molar-refractivity contribution < 1.29 is 4.79 Å². The number of nitrogens with zero attached hydrogens (tertiary/aromatic N) is 3. The second-order valence-corrected chi connectivity index (χ2v) is 9.83. The van der Waals surface area contributed by atoms with Crippen molar-refractivity contribution in [3.63, 3.8) is 0 Å². The Morgan fingerprint density at radius 3 is 2.68 bits per heavy atom. The van der Waals surface area contributed by atoms with Crippen LogP contribution in [0.5, 0.6) is 0 Å². The van der Waals surface area contributed by atoms with Crippen LogP contribution in [-0.2, 0) is 6.54 Å². The van der Waals surface area contributed by atoms with E-state index in [4.69, 9.17) is 0 Å². The van der Waals surface area contributed by atoms with Crippen LogP contribution in [0.2, 0.25) is 0 Å². The van der Waals surface area contributed by atoms with Gasteiger partial charge in [0.1, 0.15) is 0 Å². The van der Waals surface area contributed by atoms with Crippen molar-refractivity contribution >= 4 is 35.2 Å². The van der Waals surface area contributed by atoms with E-state index in [0.29, 0.717) is 4.58 Å². The summed E-state index contributed by atoms with van der Waals surface area (Å²) in [7, 11) is 0. The molecule has 2 aromatic rings. The first kappa shape index (κ1) is 19.6. The molecule has 2 aliphatic rings. The minimum Gasteiger partial charge on any atom is -0.322 e. The molecule has 148 valence electrons. The zero-order valence-electron chi connectivity index (χ0n) is 15.9. The summed E-state index contributed by atoms with van der Waals surface area (Å²) in [5, 5.41) is 3.10. The van der Waals surface area contributed by atoms with E-state index in [2.05, 4.69) is 33.4 Å². The van der Waals surface area contributed by atoms with Crippen LogP contribution in [0.3, 0.4) is 0 Å². The number of hydrogen-bond donors (Lipinski definition) is 1. The minimum atomic E-state index is 0.00197. The van der Waals surface area contributed by atoms with Gasteiger partial charge in [0.15, 0.2) is 0 Å². The van der Waals surface area contributed by atoms with Crippen LogP contribution in [0.4, 0.5) is 10.5 Å². The van der Waals surface area contributed by atoms with E-state index < -0.39 is 0 Å². The van der Waals surface area contributed by atoms with Crippen molar-refractivity contribution in [2.75, 3.05) is 43.0 Å². The maximum absolute atomic E-state index is 12.7. The molecule has 2 fully saturated rings. The topological polar surface area (TPSA) is 48.5 Å². The predicted molar refractivity (Wildman–Crippen MR) is 119 cm³/mol. The fourth-order valence-electron chi connectivity index (χ4n) is 3.50. The van der Waals surface area contributed by atoms with Gasteiger partial charge >= 0.3 is 6.03 Å². The molecule has 28 heavy (non-hydrogen) atoms. The van der Waals surface area contributed by atoms with Gasteiger partial charge < -0.3 is 10.2 Å². The van der Waals surface area contributed by atoms with Gasteiger partial charge in [-0.1, -0.05) is 18.2 Å². The second kappa shape index (κ2) is 9.67. The fourth-order valence-corrected chi connectivity index (χ4v) is 6.38. The number of thioether (sulfide) groups is 2. The molecule has 2 saturated heterocycles. The molecule has 4 rings (SSSR count). The van der Waals surface area contributed by atoms with Crippen molar-refractivity contribution in [2.45, 2.75) is 17.5 Å². The van der Waals surface area contributed by atoms with Crippen molar-refractivity contribution in [1.82, 2.24) is 14.8 Å². The summed E-state index contributed by atoms with van der Waals surface area (Å²) >= 11 is 4.01. The largest absolute Gasteiger partial charge is 0.322 e. The lowest BCUT2D eigenvalue weighted by molar-refractivity contribution is 0.143. The lowest BCUT2D eigenvalue weighted by Gasteiger charge is -2.34. The minimum absolute atomic E-state index is 0.00197. The summed E-state index contributed by atoms with van der Waals surface area (Å²) in [6, 6.07) is 12.4. The molecule has 0 radical (unpaired) electrons. The standard InChI is InChI=1S/C21H26N4OS2/c26-21(23-19-6-1-5-18(14-19)20-27-12-3-13-28-20)25-10-8-24(9-11-25)16-17-4-2-7-22-15-17/h1-2,4-7,14-15,20H,3,8-13,16H2,(H,23,26). The quantitative estimate of drug-likeness (QED) is 0.808. The van der Waals surface area contributed by atoms with E-state index in [1.807, 2.05) is 52.8 Å². The van der Waals surface area contributed by atoms with Crippen LogP contribution in [-0.4, -0.2) is 58.5 Å². The van der Waals surface area contributed by atoms with E-state index in [-0.39, 0.29) is 6.03 Å². The Bertz CT molecular complexity index is 775. The first-order valence-corrected chi connectivity index (χ1v) is 11.9. The van der Waals surface area contributed by atoms with Gasteiger partial charge in [-0.05, 0) is 47.3 Å². The number of pyridine rings is 1. The molecule has 0 spiro atoms. The zero-order chi connectivity index (χ0) is 19.2. The van der Waals surface area contributed by atoms with E-state index in [0.717, 1.165) is 38.4 Å². The maximum Gasteiger partial charge on any atom is 0.321 e. The molecule has 1 N–H and O–H groups in total. The Labute approximate surface area is 175 Å². The van der Waals surface area contributed by atoms with Crippen molar-refractivity contribution in [1.29, 1.82) is 0 Å². The van der Waals surface area contributed by atoms with Gasteiger partial charge in [0.2, 0.25) is 0 Å². The van der Waals surface area contributed by atoms with Crippen LogP contribution >= 0.6 is 23.5 Å². The first-order valence-electron chi connectivity index (χ1n) is 9.78. The molecule has 2 aliphatic heterocycles. The van der Waals surface area contributed by atoms with Crippen molar-refractivity contribution in [3.05, 3.63) is 59.9 Å². The molecule has 1 aromatic heterocycles. The highest BCUT2D eigenvalue weighted by molar-refractivity contribution is 8.16. The fraction of sp³-hybridized carbons (Fsp3) is 0.429. The number of benzene rings is 1. The lowest BCUT2D eigenvalue weighted by atomic mass is 10.2. The number of carbonyl (C=O) groups is 1. The van der Waals surface area contributed by atoms with Crippen LogP contribution in [0.15, 0.2) is 48.8 Å². The summed E-state index contributed by atoms with van der Waals surface area (Å²) in [5.41, 5.74) is 3.41. The maximum atomic E-state index is 12.7. The lowest BCUT2D eigenvalue weighted by Crippen LogP contribution is -2.49. The van der Waals surface area contributed by atoms with Gasteiger partial charge in [-0.25, -0.2) is 4.79 Å². The van der Waals surface area contributed by atoms with Gasteiger partial charge in [0.05, 0.1) is 4.58 Å². The molecule has 0 saturated carbocycles. The van der Waals surface area contributed by atoms with Gasteiger partial charge in [0.25, 0.3) is 0 Å². The van der Waals surface area contributed by atoms with Gasteiger partial charge in [-0.15, -0.1) is 23.5 Å². The highest BCUT2D eigenvalue weighted by atomic mass is 32.2. The SMILES string of the molecule is O=C(Nc1cccc(C2SCCCS2)c1)N1CCN(Cc2cccnc2)CC1. The highest BCUT2D eigenvalue weighted by Gasteiger charge is 2.22. The normalized spacial score (nSPS) is 18.8. The number of anilines is 1. The van der Waals surface area contributed by atoms with Gasteiger partial charge in [-0.2, -0.15) is 0 Å². The first-order chi connectivity index (χ1) is 13.8. The number of aromatic nitrogens is 1. The van der Waals surface area contributed by atoms with E-state index in [9.17, 15) is 4.79 Å². The average Bonchev–Trinajstić information content (AvgIpc) is 2.76. The Kier molecular flexibility index (Phi) is 6.77. The zero-order valence-corrected chi connectivity index (χ0v) is 17.6. The van der Waals surface area contributed by atoms with Gasteiger partial charge in [-0.3, -0.25) is 9.88 Å². The third kappa shape index (κ3) is 5.21. The van der Waals surface area contributed by atoms with Crippen molar-refractivity contribution in [2.24, 2.45) is 0 Å². The van der Waals surface area contributed by atoms with Crippen LogP contribution in [0.25, 0.3) is 0 Å². The molecular formula is C21H26N4OS2. The Morgan fingerprint density at radius 2 is 1.93 bits per heavy atom. The monoisotopic (exact) mass is 414 g/mol. The third-order valence-corrected chi connectivity index (χ3v) is 8.04. The van der Waals surface area contributed by atoms with E-state index in [1.54, 1.807) is 6.20 Å². The molecule has 0 atom stereocenters. The summed E-state index contributed by atoms with van der Waals surface area (Å²) in [6.07, 6.45) is 5.00. The molecule has 5 nitrogen and oxygen atoms in total. The number of amides is 2. The molecule has 7 heteroatoms. The number of hydrogen-bond acceptors (Lipinski definition) is 5. The van der Waals surface area contributed by atoms with Crippen LogP contribution in [0, 0.1) is 0 Å². The molecular weight excluding hydrogens is 388 g/mol. The number of piperazine rings is 1. The van der Waals surface area contributed by atoms with E-state index in [1.165, 1.54) is 29.1 Å². The number of rotatable bonds is 4. The van der Waals surface area contributed by atoms with E-state index >= 15 is 0 Å². The van der Waals surface area contributed by atoms with Gasteiger partial charge in [0, 0.05) is 50.8 Å². The molecule has 0 unspecified atom stereocenters. The molecule has 0 aliphatic carbocycles.